The van der Waals surface area contributed by atoms with Gasteiger partial charge in [-0.15, -0.1) is 0 Å². The highest BCUT2D eigenvalue weighted by Crippen LogP contribution is 2.22. The molecule has 0 fully saturated rings. The van der Waals surface area contributed by atoms with Crippen LogP contribution < -0.4 is 15.8 Å². The summed E-state index contributed by atoms with van der Waals surface area (Å²) in [6.45, 7) is 0.784. The number of nitrogen functional groups attached to an aromatic ring is 1. The van der Waals surface area contributed by atoms with Crippen molar-refractivity contribution < 1.29 is 4.74 Å². The Labute approximate surface area is 152 Å². The van der Waals surface area contributed by atoms with Crippen LogP contribution in [-0.4, -0.2) is 22.6 Å². The maximum atomic E-state index is 5.93. The van der Waals surface area contributed by atoms with Gasteiger partial charge in [-0.2, -0.15) is 0 Å². The van der Waals surface area contributed by atoms with Crippen molar-refractivity contribution in [1.29, 1.82) is 0 Å². The second kappa shape index (κ2) is 7.44. The maximum Gasteiger partial charge on any atom is 0.137 e. The number of nitrogens with zero attached hydrogens (tertiary/aromatic N) is 2. The van der Waals surface area contributed by atoms with Crippen LogP contribution >= 0.6 is 0 Å². The van der Waals surface area contributed by atoms with Crippen LogP contribution in [0.1, 0.15) is 18.4 Å². The molecule has 1 heterocycles. The van der Waals surface area contributed by atoms with Crippen LogP contribution in [0.3, 0.4) is 0 Å². The van der Waals surface area contributed by atoms with Gasteiger partial charge >= 0.3 is 0 Å². The summed E-state index contributed by atoms with van der Waals surface area (Å²) in [5.41, 5.74) is 8.74. The van der Waals surface area contributed by atoms with Crippen molar-refractivity contribution in [1.82, 2.24) is 9.97 Å². The van der Waals surface area contributed by atoms with Gasteiger partial charge in [0.15, 0.2) is 0 Å². The Morgan fingerprint density at radius 1 is 1.12 bits per heavy atom. The van der Waals surface area contributed by atoms with E-state index in [0.717, 1.165) is 48.3 Å². The summed E-state index contributed by atoms with van der Waals surface area (Å²) in [5.74, 6) is 1.74. The Morgan fingerprint density at radius 2 is 2.00 bits per heavy atom. The predicted octanol–water partition coefficient (Wildman–Crippen LogP) is 3.96. The number of hydrogen-bond acceptors (Lipinski definition) is 5. The number of aromatic nitrogens is 2. The lowest BCUT2D eigenvalue weighted by atomic mass is 10.1. The molecule has 0 spiro atoms. The maximum absolute atomic E-state index is 5.93. The summed E-state index contributed by atoms with van der Waals surface area (Å²) in [6, 6.07) is 14.0. The molecule has 5 heteroatoms. The van der Waals surface area contributed by atoms with Gasteiger partial charge in [0, 0.05) is 17.6 Å². The molecule has 3 N–H and O–H groups in total. The quantitative estimate of drug-likeness (QED) is 0.522. The van der Waals surface area contributed by atoms with E-state index in [1.54, 1.807) is 6.33 Å². The number of fused-ring (bicyclic) bond motifs is 1. The molecule has 0 bridgehead atoms. The molecule has 26 heavy (non-hydrogen) atoms. The molecule has 0 saturated heterocycles. The number of ether oxygens (including phenoxy) is 1. The third kappa shape index (κ3) is 3.77. The smallest absolute Gasteiger partial charge is 0.137 e. The minimum Gasteiger partial charge on any atom is -0.486 e. The van der Waals surface area contributed by atoms with Gasteiger partial charge in [-0.3, -0.25) is 0 Å². The average molecular weight is 346 g/mol. The number of rotatable bonds is 6. The Morgan fingerprint density at radius 3 is 2.81 bits per heavy atom. The molecular weight excluding hydrogens is 324 g/mol. The fraction of sp³-hybridized carbons (Fsp3) is 0.238. The van der Waals surface area contributed by atoms with Crippen molar-refractivity contribution in [3.63, 3.8) is 0 Å². The summed E-state index contributed by atoms with van der Waals surface area (Å²) >= 11 is 0. The van der Waals surface area contributed by atoms with E-state index in [1.807, 2.05) is 30.3 Å². The van der Waals surface area contributed by atoms with E-state index in [2.05, 4.69) is 39.6 Å². The van der Waals surface area contributed by atoms with Gasteiger partial charge in [0.1, 0.15) is 24.0 Å². The largest absolute Gasteiger partial charge is 0.486 e. The van der Waals surface area contributed by atoms with E-state index < -0.39 is 0 Å². The van der Waals surface area contributed by atoms with Crippen LogP contribution in [0.4, 0.5) is 11.5 Å². The van der Waals surface area contributed by atoms with Crippen molar-refractivity contribution in [2.24, 2.45) is 0 Å². The van der Waals surface area contributed by atoms with Gasteiger partial charge in [-0.05, 0) is 61.2 Å². The molecule has 1 atom stereocenters. The normalized spacial score (nSPS) is 16.1. The first-order valence-electron chi connectivity index (χ1n) is 8.94. The Bertz CT molecular complexity index is 921. The number of allylic oxidation sites excluding steroid dienone is 1. The Kier molecular flexibility index (Phi) is 4.69. The molecule has 0 amide bonds. The lowest BCUT2D eigenvalue weighted by Gasteiger charge is -2.12. The van der Waals surface area contributed by atoms with E-state index in [0.29, 0.717) is 5.69 Å². The van der Waals surface area contributed by atoms with Gasteiger partial charge < -0.3 is 15.8 Å². The summed E-state index contributed by atoms with van der Waals surface area (Å²) in [5, 5.41) is 4.33. The van der Waals surface area contributed by atoms with E-state index in [4.69, 9.17) is 10.5 Å². The average Bonchev–Trinajstić information content (AvgIpc) is 3.16. The SMILES string of the molecule is Nc1ccc2ncnc(NCCc3ccc(OC4C=CCC4)cc3)c2c1. The van der Waals surface area contributed by atoms with Gasteiger partial charge in [0.2, 0.25) is 0 Å². The molecule has 1 aliphatic carbocycles. The molecule has 1 aromatic heterocycles. The van der Waals surface area contributed by atoms with Crippen LogP contribution in [0.25, 0.3) is 10.9 Å². The van der Waals surface area contributed by atoms with Crippen LogP contribution in [0.5, 0.6) is 5.75 Å². The number of nitrogens with two attached hydrogens (primary N) is 1. The molecule has 2 aromatic carbocycles. The number of nitrogens with one attached hydrogen (secondary N) is 1. The zero-order valence-corrected chi connectivity index (χ0v) is 14.6. The molecule has 3 aromatic rings. The fourth-order valence-electron chi connectivity index (χ4n) is 3.15. The predicted molar refractivity (Wildman–Crippen MR) is 105 cm³/mol. The molecule has 5 nitrogen and oxygen atoms in total. The number of benzene rings is 2. The fourth-order valence-corrected chi connectivity index (χ4v) is 3.15. The van der Waals surface area contributed by atoms with Crippen LogP contribution in [-0.2, 0) is 6.42 Å². The van der Waals surface area contributed by atoms with Crippen LogP contribution in [0.15, 0.2) is 60.9 Å². The van der Waals surface area contributed by atoms with Crippen molar-refractivity contribution in [2.75, 3.05) is 17.6 Å². The first kappa shape index (κ1) is 16.4. The topological polar surface area (TPSA) is 73.1 Å². The third-order valence-corrected chi connectivity index (χ3v) is 4.54. The van der Waals surface area contributed by atoms with Gasteiger partial charge in [-0.25, -0.2) is 9.97 Å². The number of anilines is 2. The van der Waals surface area contributed by atoms with E-state index in [9.17, 15) is 0 Å². The minimum absolute atomic E-state index is 0.223. The van der Waals surface area contributed by atoms with Crippen molar-refractivity contribution in [3.8, 4) is 5.75 Å². The molecule has 1 aliphatic rings. The zero-order valence-electron chi connectivity index (χ0n) is 14.6. The van der Waals surface area contributed by atoms with E-state index >= 15 is 0 Å². The summed E-state index contributed by atoms with van der Waals surface area (Å²) in [7, 11) is 0. The minimum atomic E-state index is 0.223. The van der Waals surface area contributed by atoms with Gasteiger partial charge in [0.25, 0.3) is 0 Å². The molecule has 0 aliphatic heterocycles. The lowest BCUT2D eigenvalue weighted by molar-refractivity contribution is 0.249. The summed E-state index contributed by atoms with van der Waals surface area (Å²) in [4.78, 5) is 8.62. The molecule has 4 rings (SSSR count). The van der Waals surface area contributed by atoms with Crippen molar-refractivity contribution in [3.05, 3.63) is 66.5 Å². The van der Waals surface area contributed by atoms with Gasteiger partial charge in [-0.1, -0.05) is 18.2 Å². The summed E-state index contributed by atoms with van der Waals surface area (Å²) < 4.78 is 5.93. The second-order valence-electron chi connectivity index (χ2n) is 6.48. The third-order valence-electron chi connectivity index (χ3n) is 4.54. The monoisotopic (exact) mass is 346 g/mol. The Balaban J connectivity index is 1.36. The van der Waals surface area contributed by atoms with E-state index in [-0.39, 0.29) is 6.10 Å². The standard InChI is InChI=1S/C21H22N4O/c22-16-7-10-20-19(13-16)21(25-14-24-20)23-12-11-15-5-8-18(9-6-15)26-17-3-1-2-4-17/h1,3,5-10,13-14,17H,2,4,11-12,22H2,(H,23,24,25). The molecule has 132 valence electrons. The molecular formula is C21H22N4O. The van der Waals surface area contributed by atoms with Crippen LogP contribution in [0.2, 0.25) is 0 Å². The lowest BCUT2D eigenvalue weighted by Crippen LogP contribution is -2.10. The molecule has 0 saturated carbocycles. The van der Waals surface area contributed by atoms with Crippen molar-refractivity contribution in [2.45, 2.75) is 25.4 Å². The van der Waals surface area contributed by atoms with Crippen molar-refractivity contribution >= 4 is 22.4 Å². The van der Waals surface area contributed by atoms with Crippen LogP contribution in [0, 0.1) is 0 Å². The highest BCUT2D eigenvalue weighted by atomic mass is 16.5. The molecule has 0 radical (unpaired) electrons. The number of hydrogen-bond donors (Lipinski definition) is 2. The van der Waals surface area contributed by atoms with Gasteiger partial charge in [0.05, 0.1) is 5.52 Å². The first-order valence-corrected chi connectivity index (χ1v) is 8.94. The van der Waals surface area contributed by atoms with E-state index in [1.165, 1.54) is 5.56 Å². The Hall–Kier alpha value is -3.08. The molecule has 1 unspecified atom stereocenters. The second-order valence-corrected chi connectivity index (χ2v) is 6.48. The highest BCUT2D eigenvalue weighted by Gasteiger charge is 2.10. The first-order chi connectivity index (χ1) is 12.8. The zero-order chi connectivity index (χ0) is 17.8. The highest BCUT2D eigenvalue weighted by molar-refractivity contribution is 5.91. The summed E-state index contributed by atoms with van der Waals surface area (Å²) in [6.07, 6.45) is 9.19.